The Kier molecular flexibility index (Phi) is 5.97. The van der Waals surface area contributed by atoms with E-state index in [9.17, 15) is 9.90 Å². The molecule has 36 heavy (non-hydrogen) atoms. The highest BCUT2D eigenvalue weighted by Crippen LogP contribution is 2.34. The van der Waals surface area contributed by atoms with Crippen molar-refractivity contribution in [3.63, 3.8) is 0 Å². The Morgan fingerprint density at radius 3 is 2.69 bits per heavy atom. The molecule has 0 aliphatic heterocycles. The highest BCUT2D eigenvalue weighted by molar-refractivity contribution is 7.15. The molecule has 6 rings (SSSR count). The predicted molar refractivity (Wildman–Crippen MR) is 141 cm³/mol. The summed E-state index contributed by atoms with van der Waals surface area (Å²) in [7, 11) is 0. The van der Waals surface area contributed by atoms with Gasteiger partial charge in [-0.2, -0.15) is 0 Å². The van der Waals surface area contributed by atoms with Crippen LogP contribution < -0.4 is 11.1 Å². The third kappa shape index (κ3) is 4.37. The van der Waals surface area contributed by atoms with Gasteiger partial charge in [0.15, 0.2) is 5.13 Å². The van der Waals surface area contributed by atoms with Gasteiger partial charge in [-0.1, -0.05) is 19.1 Å². The number of aliphatic hydroxyl groups excluding tert-OH is 1. The topological polar surface area (TPSA) is 118 Å². The minimum Gasteiger partial charge on any atom is -0.393 e. The second-order valence-electron chi connectivity index (χ2n) is 10.2. The first-order chi connectivity index (χ1) is 17.4. The summed E-state index contributed by atoms with van der Waals surface area (Å²) in [5.41, 5.74) is 10.4. The largest absolute Gasteiger partial charge is 0.393 e. The number of nitrogen functional groups attached to an aromatic ring is 1. The van der Waals surface area contributed by atoms with Crippen LogP contribution in [0, 0.1) is 5.92 Å². The summed E-state index contributed by atoms with van der Waals surface area (Å²) < 4.78 is 2.03. The minimum atomic E-state index is -0.213. The number of hydrogen-bond acceptors (Lipinski definition) is 7. The molecule has 1 saturated carbocycles. The number of anilines is 2. The lowest BCUT2D eigenvalue weighted by Crippen LogP contribution is -2.18. The van der Waals surface area contributed by atoms with Gasteiger partial charge in [0, 0.05) is 28.1 Å². The molecular formula is C27H30N6O2S. The molecule has 0 spiro atoms. The van der Waals surface area contributed by atoms with Crippen molar-refractivity contribution in [2.75, 3.05) is 11.1 Å². The monoisotopic (exact) mass is 502 g/mol. The van der Waals surface area contributed by atoms with Crippen molar-refractivity contribution in [2.24, 2.45) is 5.92 Å². The lowest BCUT2D eigenvalue weighted by molar-refractivity contribution is 0.102. The number of thiazole rings is 1. The van der Waals surface area contributed by atoms with Crippen LogP contribution in [0.15, 0.2) is 36.7 Å². The van der Waals surface area contributed by atoms with E-state index in [2.05, 4.69) is 27.2 Å². The number of rotatable bonds is 4. The van der Waals surface area contributed by atoms with Gasteiger partial charge in [-0.25, -0.2) is 15.0 Å². The average Bonchev–Trinajstić information content (AvgIpc) is 3.48. The highest BCUT2D eigenvalue weighted by Gasteiger charge is 2.25. The number of fused-ring (bicyclic) bond motifs is 2. The fourth-order valence-corrected chi connectivity index (χ4v) is 6.53. The minimum absolute atomic E-state index is 0.167. The van der Waals surface area contributed by atoms with Crippen LogP contribution in [0.25, 0.3) is 16.8 Å². The molecule has 3 aromatic heterocycles. The van der Waals surface area contributed by atoms with E-state index >= 15 is 0 Å². The van der Waals surface area contributed by atoms with Crippen LogP contribution in [-0.4, -0.2) is 36.5 Å². The van der Waals surface area contributed by atoms with Crippen molar-refractivity contribution in [1.82, 2.24) is 19.4 Å². The number of nitrogens with one attached hydrogen (secondary N) is 1. The predicted octanol–water partition coefficient (Wildman–Crippen LogP) is 4.83. The lowest BCUT2D eigenvalue weighted by atomic mass is 9.87. The quantitative estimate of drug-likeness (QED) is 0.368. The molecule has 1 unspecified atom stereocenters. The van der Waals surface area contributed by atoms with Crippen molar-refractivity contribution in [1.29, 1.82) is 0 Å². The van der Waals surface area contributed by atoms with E-state index in [-0.39, 0.29) is 17.9 Å². The first-order valence-electron chi connectivity index (χ1n) is 12.7. The third-order valence-electron chi connectivity index (χ3n) is 7.49. The number of aryl methyl sites for hydroxylation is 1. The number of imidazole rings is 1. The van der Waals surface area contributed by atoms with Crippen molar-refractivity contribution >= 4 is 33.7 Å². The lowest BCUT2D eigenvalue weighted by Gasteiger charge is -2.24. The average molecular weight is 503 g/mol. The Morgan fingerprint density at radius 2 is 1.92 bits per heavy atom. The van der Waals surface area contributed by atoms with Gasteiger partial charge >= 0.3 is 0 Å². The van der Waals surface area contributed by atoms with E-state index in [0.29, 0.717) is 22.4 Å². The molecule has 0 bridgehead atoms. The van der Waals surface area contributed by atoms with Crippen LogP contribution in [0.3, 0.4) is 0 Å². The number of carbonyl (C=O) groups is 1. The van der Waals surface area contributed by atoms with Crippen molar-refractivity contribution in [2.45, 2.75) is 63.9 Å². The number of aromatic nitrogens is 4. The van der Waals surface area contributed by atoms with Crippen molar-refractivity contribution < 1.29 is 9.90 Å². The molecule has 4 aromatic rings. The molecule has 9 heteroatoms. The second-order valence-corrected chi connectivity index (χ2v) is 11.2. The van der Waals surface area contributed by atoms with Gasteiger partial charge in [0.25, 0.3) is 5.91 Å². The maximum atomic E-state index is 12.9. The Hall–Kier alpha value is -3.30. The SMILES string of the molecule is CC1CCc2nc(NC(=O)c3ccc(-c4cn5c(C6CCC(O)CC6)ncc5c(N)n4)cc3)sc2C1. The molecule has 1 aromatic carbocycles. The van der Waals surface area contributed by atoms with Crippen LogP contribution in [0.1, 0.15) is 71.7 Å². The molecule has 8 nitrogen and oxygen atoms in total. The maximum Gasteiger partial charge on any atom is 0.257 e. The summed E-state index contributed by atoms with van der Waals surface area (Å²) >= 11 is 1.59. The molecule has 0 radical (unpaired) electrons. The molecule has 3 heterocycles. The molecule has 186 valence electrons. The highest BCUT2D eigenvalue weighted by atomic mass is 32.1. The molecule has 1 atom stereocenters. The number of nitrogens with two attached hydrogens (primary N) is 1. The zero-order valence-corrected chi connectivity index (χ0v) is 21.1. The van der Waals surface area contributed by atoms with Gasteiger partial charge in [-0.15, -0.1) is 11.3 Å². The Morgan fingerprint density at radius 1 is 1.14 bits per heavy atom. The van der Waals surface area contributed by atoms with Crippen molar-refractivity contribution in [3.05, 3.63) is 58.6 Å². The molecular weight excluding hydrogens is 472 g/mol. The van der Waals surface area contributed by atoms with Gasteiger partial charge in [0.2, 0.25) is 0 Å². The number of amides is 1. The van der Waals surface area contributed by atoms with E-state index in [4.69, 9.17) is 5.73 Å². The molecule has 2 aliphatic rings. The van der Waals surface area contributed by atoms with E-state index in [1.807, 2.05) is 22.7 Å². The zero-order valence-electron chi connectivity index (χ0n) is 20.3. The van der Waals surface area contributed by atoms with E-state index in [0.717, 1.165) is 73.2 Å². The second kappa shape index (κ2) is 9.29. The van der Waals surface area contributed by atoms with E-state index in [1.54, 1.807) is 29.7 Å². The van der Waals surface area contributed by atoms with Gasteiger partial charge in [0.05, 0.1) is 23.7 Å². The molecule has 2 aliphatic carbocycles. The summed E-state index contributed by atoms with van der Waals surface area (Å²) in [6, 6.07) is 7.40. The van der Waals surface area contributed by atoms with Crippen LogP contribution in [0.5, 0.6) is 0 Å². The Balaban J connectivity index is 1.22. The first-order valence-corrected chi connectivity index (χ1v) is 13.5. The number of aliphatic hydroxyl groups is 1. The van der Waals surface area contributed by atoms with Crippen molar-refractivity contribution in [3.8, 4) is 11.3 Å². The molecule has 1 fully saturated rings. The van der Waals surface area contributed by atoms with Gasteiger partial charge in [-0.05, 0) is 63.0 Å². The van der Waals surface area contributed by atoms with Gasteiger partial charge in [-0.3, -0.25) is 14.5 Å². The normalized spacial score (nSPS) is 21.9. The summed E-state index contributed by atoms with van der Waals surface area (Å²) in [6.45, 7) is 2.26. The van der Waals surface area contributed by atoms with Crippen LogP contribution in [-0.2, 0) is 12.8 Å². The first kappa shape index (κ1) is 23.1. The molecule has 4 N–H and O–H groups in total. The number of carbonyl (C=O) groups excluding carboxylic acids is 1. The van der Waals surface area contributed by atoms with E-state index < -0.39 is 0 Å². The summed E-state index contributed by atoms with van der Waals surface area (Å²) in [6.07, 6.45) is 10.1. The summed E-state index contributed by atoms with van der Waals surface area (Å²) in [5.74, 6) is 2.18. The fraction of sp³-hybridized carbons (Fsp3) is 0.407. The number of benzene rings is 1. The Bertz CT molecular complexity index is 1420. The number of hydrogen-bond donors (Lipinski definition) is 3. The van der Waals surface area contributed by atoms with Crippen LogP contribution in [0.4, 0.5) is 10.9 Å². The standard InChI is InChI=1S/C27H30N6O2S/c1-15-2-11-20-23(12-15)36-27(31-20)32-26(35)18-5-3-16(4-6-18)21-14-33-22(24(28)30-21)13-29-25(33)17-7-9-19(34)10-8-17/h3-6,13-15,17,19,34H,2,7-12H2,1H3,(H2,28,30)(H,31,32,35). The maximum absolute atomic E-state index is 12.9. The fourth-order valence-electron chi connectivity index (χ4n) is 5.37. The third-order valence-corrected chi connectivity index (χ3v) is 8.53. The van der Waals surface area contributed by atoms with Crippen LogP contribution in [0.2, 0.25) is 0 Å². The Labute approximate surface area is 213 Å². The zero-order chi connectivity index (χ0) is 24.8. The summed E-state index contributed by atoms with van der Waals surface area (Å²) in [5, 5.41) is 13.5. The molecule has 1 amide bonds. The molecule has 0 saturated heterocycles. The van der Waals surface area contributed by atoms with Crippen LogP contribution >= 0.6 is 11.3 Å². The van der Waals surface area contributed by atoms with E-state index in [1.165, 1.54) is 4.88 Å². The smallest absolute Gasteiger partial charge is 0.257 e. The van der Waals surface area contributed by atoms with Gasteiger partial charge in [0.1, 0.15) is 17.2 Å². The summed E-state index contributed by atoms with van der Waals surface area (Å²) in [4.78, 5) is 28.0. The van der Waals surface area contributed by atoms with Gasteiger partial charge < -0.3 is 10.8 Å². The number of nitrogens with zero attached hydrogens (tertiary/aromatic N) is 4.